The molecular formula is C25H30FN3O3S. The van der Waals surface area contributed by atoms with Crippen LogP contribution in [0.5, 0.6) is 0 Å². The number of nitrogens with zero attached hydrogens (tertiary/aromatic N) is 3. The number of nitriles is 1. The molecule has 1 aliphatic rings. The molecule has 176 valence electrons. The molecule has 1 heterocycles. The lowest BCUT2D eigenvalue weighted by molar-refractivity contribution is -0.130. The molecule has 0 aliphatic carbocycles. The SMILES string of the molecule is CCCS(=O)(=O)N(Cc1ccc(F)cc1)c1ccc(CC2CCN(C(C)=O)CC2)c(C#N)c1. The average molecular weight is 472 g/mol. The van der Waals surface area contributed by atoms with Crippen molar-refractivity contribution in [3.8, 4) is 6.07 Å². The lowest BCUT2D eigenvalue weighted by Gasteiger charge is -2.31. The maximum Gasteiger partial charge on any atom is 0.235 e. The average Bonchev–Trinajstić information content (AvgIpc) is 2.79. The van der Waals surface area contributed by atoms with Crippen LogP contribution in [0.4, 0.5) is 10.1 Å². The van der Waals surface area contributed by atoms with Crippen LogP contribution in [0.1, 0.15) is 49.8 Å². The molecule has 0 atom stereocenters. The van der Waals surface area contributed by atoms with Gasteiger partial charge in [0.15, 0.2) is 0 Å². The van der Waals surface area contributed by atoms with Crippen molar-refractivity contribution in [3.05, 3.63) is 65.0 Å². The molecule has 33 heavy (non-hydrogen) atoms. The van der Waals surface area contributed by atoms with Gasteiger partial charge in [-0.3, -0.25) is 9.10 Å². The molecule has 3 rings (SSSR count). The van der Waals surface area contributed by atoms with Gasteiger partial charge >= 0.3 is 0 Å². The summed E-state index contributed by atoms with van der Waals surface area (Å²) in [5.41, 5.74) is 2.44. The summed E-state index contributed by atoms with van der Waals surface area (Å²) in [6.07, 6.45) is 2.94. The van der Waals surface area contributed by atoms with Crippen molar-refractivity contribution < 1.29 is 17.6 Å². The van der Waals surface area contributed by atoms with Crippen LogP contribution in [-0.2, 0) is 27.8 Å². The third-order valence-corrected chi connectivity index (χ3v) is 8.04. The van der Waals surface area contributed by atoms with Crippen LogP contribution in [0, 0.1) is 23.1 Å². The first kappa shape index (κ1) is 24.7. The molecule has 0 radical (unpaired) electrons. The van der Waals surface area contributed by atoms with Gasteiger partial charge in [0, 0.05) is 20.0 Å². The fraction of sp³-hybridized carbons (Fsp3) is 0.440. The Morgan fingerprint density at radius 1 is 1.18 bits per heavy atom. The zero-order chi connectivity index (χ0) is 24.0. The summed E-state index contributed by atoms with van der Waals surface area (Å²) in [4.78, 5) is 13.4. The number of hydrogen-bond acceptors (Lipinski definition) is 4. The minimum Gasteiger partial charge on any atom is -0.343 e. The number of piperidine rings is 1. The van der Waals surface area contributed by atoms with E-state index in [4.69, 9.17) is 0 Å². The Labute approximate surface area is 195 Å². The third-order valence-electron chi connectivity index (χ3n) is 6.11. The van der Waals surface area contributed by atoms with Crippen molar-refractivity contribution in [1.82, 2.24) is 4.90 Å². The van der Waals surface area contributed by atoms with Gasteiger partial charge in [0.1, 0.15) is 5.82 Å². The van der Waals surface area contributed by atoms with Crippen molar-refractivity contribution in [3.63, 3.8) is 0 Å². The molecular weight excluding hydrogens is 441 g/mol. The van der Waals surface area contributed by atoms with E-state index < -0.39 is 10.0 Å². The highest BCUT2D eigenvalue weighted by molar-refractivity contribution is 7.92. The zero-order valence-corrected chi connectivity index (χ0v) is 19.9. The Hall–Kier alpha value is -2.92. The molecule has 8 heteroatoms. The number of carbonyl (C=O) groups excluding carboxylic acids is 1. The van der Waals surface area contributed by atoms with Gasteiger partial charge in [-0.25, -0.2) is 12.8 Å². The second kappa shape index (κ2) is 10.8. The molecule has 1 saturated heterocycles. The van der Waals surface area contributed by atoms with Crippen molar-refractivity contribution in [2.24, 2.45) is 5.92 Å². The highest BCUT2D eigenvalue weighted by Gasteiger charge is 2.25. The number of carbonyl (C=O) groups is 1. The lowest BCUT2D eigenvalue weighted by Crippen LogP contribution is -2.37. The highest BCUT2D eigenvalue weighted by atomic mass is 32.2. The van der Waals surface area contributed by atoms with Gasteiger partial charge in [0.05, 0.1) is 29.6 Å². The van der Waals surface area contributed by atoms with E-state index in [0.717, 1.165) is 31.5 Å². The quantitative estimate of drug-likeness (QED) is 0.577. The molecule has 1 aliphatic heterocycles. The second-order valence-corrected chi connectivity index (χ2v) is 10.6. The van der Waals surface area contributed by atoms with Gasteiger partial charge < -0.3 is 4.90 Å². The zero-order valence-electron chi connectivity index (χ0n) is 19.1. The van der Waals surface area contributed by atoms with Crippen molar-refractivity contribution in [1.29, 1.82) is 5.26 Å². The fourth-order valence-electron chi connectivity index (χ4n) is 4.24. The molecule has 0 spiro atoms. The minimum absolute atomic E-state index is 0.0213. The Balaban J connectivity index is 1.85. The van der Waals surface area contributed by atoms with Crippen molar-refractivity contribution in [2.45, 2.75) is 46.1 Å². The molecule has 2 aromatic rings. The van der Waals surface area contributed by atoms with Gasteiger partial charge in [-0.05, 0) is 67.0 Å². The fourth-order valence-corrected chi connectivity index (χ4v) is 5.76. The van der Waals surface area contributed by atoms with Crippen LogP contribution >= 0.6 is 0 Å². The van der Waals surface area contributed by atoms with Crippen molar-refractivity contribution >= 4 is 21.6 Å². The molecule has 2 aromatic carbocycles. The van der Waals surface area contributed by atoms with E-state index in [1.54, 1.807) is 38.1 Å². The van der Waals surface area contributed by atoms with Crippen LogP contribution in [0.25, 0.3) is 0 Å². The number of amides is 1. The van der Waals surface area contributed by atoms with Crippen LogP contribution in [0.3, 0.4) is 0 Å². The molecule has 0 bridgehead atoms. The maximum atomic E-state index is 13.3. The first-order chi connectivity index (χ1) is 15.7. The first-order valence-corrected chi connectivity index (χ1v) is 12.9. The normalized spacial score (nSPS) is 14.7. The Bertz CT molecular complexity index is 1120. The first-order valence-electron chi connectivity index (χ1n) is 11.3. The Kier molecular flexibility index (Phi) is 8.09. The number of benzene rings is 2. The topological polar surface area (TPSA) is 81.5 Å². The molecule has 0 aromatic heterocycles. The van der Waals surface area contributed by atoms with Crippen LogP contribution < -0.4 is 4.31 Å². The van der Waals surface area contributed by atoms with E-state index in [9.17, 15) is 22.9 Å². The van der Waals surface area contributed by atoms with E-state index in [-0.39, 0.29) is 24.0 Å². The summed E-state index contributed by atoms with van der Waals surface area (Å²) >= 11 is 0. The van der Waals surface area contributed by atoms with Gasteiger partial charge in [0.25, 0.3) is 0 Å². The minimum atomic E-state index is -3.62. The predicted octanol–water partition coefficient (Wildman–Crippen LogP) is 4.24. The molecule has 1 amide bonds. The van der Waals surface area contributed by atoms with Crippen LogP contribution in [0.15, 0.2) is 42.5 Å². The van der Waals surface area contributed by atoms with Gasteiger partial charge in [-0.15, -0.1) is 0 Å². The third kappa shape index (κ3) is 6.32. The summed E-state index contributed by atoms with van der Waals surface area (Å²) in [5.74, 6) is 0.0572. The van der Waals surface area contributed by atoms with Gasteiger partial charge in [0.2, 0.25) is 15.9 Å². The summed E-state index contributed by atoms with van der Waals surface area (Å²) in [7, 11) is -3.62. The number of halogens is 1. The molecule has 0 N–H and O–H groups in total. The maximum absolute atomic E-state index is 13.3. The standard InChI is InChI=1S/C25H30FN3O3S/c1-3-14-33(31,32)29(18-21-4-7-24(26)8-5-21)25-9-6-22(23(16-25)17-27)15-20-10-12-28(13-11-20)19(2)30/h4-9,16,20H,3,10-15,18H2,1-2H3. The Morgan fingerprint density at radius 2 is 1.85 bits per heavy atom. The summed E-state index contributed by atoms with van der Waals surface area (Å²) in [6.45, 7) is 4.89. The van der Waals surface area contributed by atoms with E-state index in [1.807, 2.05) is 11.0 Å². The van der Waals surface area contributed by atoms with Gasteiger partial charge in [-0.2, -0.15) is 5.26 Å². The summed E-state index contributed by atoms with van der Waals surface area (Å²) in [5, 5.41) is 9.78. The number of hydrogen-bond donors (Lipinski definition) is 0. The Morgan fingerprint density at radius 3 is 2.42 bits per heavy atom. The van der Waals surface area contributed by atoms with Crippen LogP contribution in [-0.4, -0.2) is 38.1 Å². The lowest BCUT2D eigenvalue weighted by atomic mass is 9.88. The number of sulfonamides is 1. The monoisotopic (exact) mass is 471 g/mol. The number of rotatable bonds is 8. The highest BCUT2D eigenvalue weighted by Crippen LogP contribution is 2.28. The number of likely N-dealkylation sites (tertiary alicyclic amines) is 1. The number of anilines is 1. The van der Waals surface area contributed by atoms with E-state index in [0.29, 0.717) is 35.6 Å². The molecule has 0 unspecified atom stereocenters. The van der Waals surface area contributed by atoms with Gasteiger partial charge in [-0.1, -0.05) is 25.1 Å². The van der Waals surface area contributed by atoms with E-state index in [1.165, 1.54) is 16.4 Å². The molecule has 1 fully saturated rings. The molecule has 6 nitrogen and oxygen atoms in total. The van der Waals surface area contributed by atoms with Crippen LogP contribution in [0.2, 0.25) is 0 Å². The second-order valence-electron chi connectivity index (χ2n) is 8.56. The molecule has 0 saturated carbocycles. The predicted molar refractivity (Wildman–Crippen MR) is 126 cm³/mol. The van der Waals surface area contributed by atoms with E-state index >= 15 is 0 Å². The largest absolute Gasteiger partial charge is 0.343 e. The smallest absolute Gasteiger partial charge is 0.235 e. The summed E-state index contributed by atoms with van der Waals surface area (Å²) in [6, 6.07) is 13.2. The van der Waals surface area contributed by atoms with E-state index in [2.05, 4.69) is 6.07 Å². The van der Waals surface area contributed by atoms with Crippen molar-refractivity contribution in [2.75, 3.05) is 23.1 Å². The summed E-state index contributed by atoms with van der Waals surface area (Å²) < 4.78 is 40.7.